The Hall–Kier alpha value is -3.22. The fourth-order valence-corrected chi connectivity index (χ4v) is 3.55. The van der Waals surface area contributed by atoms with Gasteiger partial charge in [-0.25, -0.2) is 14.2 Å². The Morgan fingerprint density at radius 3 is 3.00 bits per heavy atom. The van der Waals surface area contributed by atoms with Gasteiger partial charge in [0.25, 0.3) is 0 Å². The number of nitrogens with one attached hydrogen (secondary N) is 4. The first kappa shape index (κ1) is 22.5. The highest BCUT2D eigenvalue weighted by atomic mass is 19.1. The smallest absolute Gasteiger partial charge is 0.317 e. The van der Waals surface area contributed by atoms with Crippen molar-refractivity contribution in [3.63, 3.8) is 0 Å². The lowest BCUT2D eigenvalue weighted by atomic mass is 9.99. The fraction of sp³-hybridized carbons (Fsp3) is 0.409. The van der Waals surface area contributed by atoms with Crippen LogP contribution in [0.15, 0.2) is 42.6 Å². The van der Waals surface area contributed by atoms with Crippen molar-refractivity contribution in [3.8, 4) is 6.07 Å². The predicted octanol–water partition coefficient (Wildman–Crippen LogP) is 2.53. The number of aromatic nitrogens is 1. The summed E-state index contributed by atoms with van der Waals surface area (Å²) in [4.78, 5) is 18.0. The number of urea groups is 1. The molecule has 2 heterocycles. The number of carbonyl (C=O) groups is 1. The van der Waals surface area contributed by atoms with Gasteiger partial charge in [-0.2, -0.15) is 5.26 Å². The van der Waals surface area contributed by atoms with Crippen LogP contribution in [0.25, 0.3) is 0 Å². The zero-order chi connectivity index (χ0) is 22.1. The minimum Gasteiger partial charge on any atom is -0.367 e. The van der Waals surface area contributed by atoms with Crippen LogP contribution in [0.4, 0.5) is 15.0 Å². The summed E-state index contributed by atoms with van der Waals surface area (Å²) in [6, 6.07) is 12.4. The number of halogens is 1. The Kier molecular flexibility index (Phi) is 8.15. The van der Waals surface area contributed by atoms with E-state index in [1.54, 1.807) is 42.4 Å². The quantitative estimate of drug-likeness (QED) is 0.460. The van der Waals surface area contributed by atoms with E-state index in [0.29, 0.717) is 31.0 Å². The lowest BCUT2D eigenvalue weighted by Crippen LogP contribution is -2.40. The summed E-state index contributed by atoms with van der Waals surface area (Å²) >= 11 is 0. The lowest BCUT2D eigenvalue weighted by molar-refractivity contribution is 0.208. The molecule has 4 N–H and O–H groups in total. The highest BCUT2D eigenvalue weighted by Gasteiger charge is 2.25. The number of pyridine rings is 1. The van der Waals surface area contributed by atoms with Crippen molar-refractivity contribution >= 4 is 11.8 Å². The number of amides is 2. The Balaban J connectivity index is 1.30. The zero-order valence-electron chi connectivity index (χ0n) is 17.6. The van der Waals surface area contributed by atoms with Gasteiger partial charge in [-0.1, -0.05) is 12.1 Å². The molecule has 1 aromatic heterocycles. The van der Waals surface area contributed by atoms with E-state index in [1.165, 1.54) is 6.07 Å². The predicted molar refractivity (Wildman–Crippen MR) is 117 cm³/mol. The second-order valence-corrected chi connectivity index (χ2v) is 7.56. The van der Waals surface area contributed by atoms with E-state index in [9.17, 15) is 9.18 Å². The molecule has 1 saturated heterocycles. The van der Waals surface area contributed by atoms with Crippen molar-refractivity contribution in [2.45, 2.75) is 31.3 Å². The fourth-order valence-electron chi connectivity index (χ4n) is 3.55. The van der Waals surface area contributed by atoms with E-state index < -0.39 is 0 Å². The normalized spacial score (nSPS) is 17.7. The highest BCUT2D eigenvalue weighted by Crippen LogP contribution is 2.24. The molecule has 2 unspecified atom stereocenters. The van der Waals surface area contributed by atoms with E-state index in [2.05, 4.69) is 32.5 Å². The van der Waals surface area contributed by atoms with Crippen molar-refractivity contribution < 1.29 is 9.18 Å². The molecule has 0 saturated carbocycles. The van der Waals surface area contributed by atoms with E-state index in [0.717, 1.165) is 24.8 Å². The zero-order valence-corrected chi connectivity index (χ0v) is 17.6. The summed E-state index contributed by atoms with van der Waals surface area (Å²) in [5, 5.41) is 15.0. The first-order chi connectivity index (χ1) is 15.1. The van der Waals surface area contributed by atoms with Crippen LogP contribution >= 0.6 is 0 Å². The topological polar surface area (TPSA) is 105 Å². The van der Waals surface area contributed by atoms with Crippen LogP contribution < -0.4 is 21.5 Å². The summed E-state index contributed by atoms with van der Waals surface area (Å²) in [6.07, 6.45) is 4.26. The molecule has 2 amide bonds. The number of nitriles is 1. The molecule has 2 aromatic rings. The Labute approximate surface area is 181 Å². The van der Waals surface area contributed by atoms with Crippen LogP contribution in [0.3, 0.4) is 0 Å². The first-order valence-corrected chi connectivity index (χ1v) is 10.4. The van der Waals surface area contributed by atoms with Crippen molar-refractivity contribution in [2.24, 2.45) is 0 Å². The van der Waals surface area contributed by atoms with Gasteiger partial charge in [-0.3, -0.25) is 10.9 Å². The molecule has 9 heteroatoms. The number of rotatable bonds is 9. The maximum Gasteiger partial charge on any atom is 0.317 e. The molecule has 8 nitrogen and oxygen atoms in total. The molecule has 31 heavy (non-hydrogen) atoms. The van der Waals surface area contributed by atoms with Crippen LogP contribution in [0.2, 0.25) is 0 Å². The minimum atomic E-state index is -0.226. The monoisotopic (exact) mass is 425 g/mol. The van der Waals surface area contributed by atoms with Crippen molar-refractivity contribution in [2.75, 3.05) is 32.0 Å². The van der Waals surface area contributed by atoms with Gasteiger partial charge in [-0.05, 0) is 49.1 Å². The molecule has 0 bridgehead atoms. The molecule has 1 aliphatic rings. The van der Waals surface area contributed by atoms with Gasteiger partial charge in [0.05, 0.1) is 5.56 Å². The molecule has 1 aliphatic heterocycles. The maximum atomic E-state index is 13.4. The average Bonchev–Trinajstić information content (AvgIpc) is 3.25. The number of anilines is 1. The number of hydrogen-bond acceptors (Lipinski definition) is 6. The summed E-state index contributed by atoms with van der Waals surface area (Å²) in [5.74, 6) is 0.290. The van der Waals surface area contributed by atoms with E-state index >= 15 is 0 Å². The van der Waals surface area contributed by atoms with Crippen molar-refractivity contribution in [1.29, 1.82) is 5.26 Å². The SMILES string of the molecule is CN(CCCC1CC(c2cccc(F)c2)NN1)C(=O)NCCNc1ncccc1C#N. The highest BCUT2D eigenvalue weighted by molar-refractivity contribution is 5.73. The van der Waals surface area contributed by atoms with E-state index in [4.69, 9.17) is 5.26 Å². The van der Waals surface area contributed by atoms with E-state index in [1.807, 2.05) is 6.07 Å². The molecule has 0 radical (unpaired) electrons. The van der Waals surface area contributed by atoms with Crippen LogP contribution in [0.1, 0.15) is 36.4 Å². The summed E-state index contributed by atoms with van der Waals surface area (Å²) in [6.45, 7) is 1.54. The van der Waals surface area contributed by atoms with E-state index in [-0.39, 0.29) is 23.9 Å². The third-order valence-corrected chi connectivity index (χ3v) is 5.25. The van der Waals surface area contributed by atoms with Gasteiger partial charge in [-0.15, -0.1) is 0 Å². The third kappa shape index (κ3) is 6.64. The summed E-state index contributed by atoms with van der Waals surface area (Å²) in [7, 11) is 1.77. The van der Waals surface area contributed by atoms with Gasteiger partial charge < -0.3 is 15.5 Å². The average molecular weight is 426 g/mol. The summed E-state index contributed by atoms with van der Waals surface area (Å²) in [5.41, 5.74) is 7.90. The molecule has 1 fully saturated rings. The first-order valence-electron chi connectivity index (χ1n) is 10.4. The Morgan fingerprint density at radius 1 is 1.32 bits per heavy atom. The lowest BCUT2D eigenvalue weighted by Gasteiger charge is -2.19. The Morgan fingerprint density at radius 2 is 2.19 bits per heavy atom. The van der Waals surface area contributed by atoms with Gasteiger partial charge in [0.15, 0.2) is 0 Å². The molecule has 0 spiro atoms. The van der Waals surface area contributed by atoms with Crippen LogP contribution in [-0.2, 0) is 0 Å². The standard InChI is InChI=1S/C22H28FN7O/c1-30(22(31)27-11-10-26-21-17(15-24)6-3-9-25-21)12-4-8-19-14-20(29-28-19)16-5-2-7-18(23)13-16/h2-3,5-7,9,13,19-20,28-29H,4,8,10-12,14H2,1H3,(H,25,26)(H,27,31). The van der Waals surface area contributed by atoms with Gasteiger partial charge >= 0.3 is 6.03 Å². The van der Waals surface area contributed by atoms with Crippen molar-refractivity contribution in [1.82, 2.24) is 26.1 Å². The molecule has 0 aliphatic carbocycles. The van der Waals surface area contributed by atoms with Gasteiger partial charge in [0.1, 0.15) is 17.7 Å². The minimum absolute atomic E-state index is 0.0925. The third-order valence-electron chi connectivity index (χ3n) is 5.25. The second-order valence-electron chi connectivity index (χ2n) is 7.56. The number of carbonyl (C=O) groups excluding carboxylic acids is 1. The number of hydrogen-bond donors (Lipinski definition) is 4. The Bertz CT molecular complexity index is 917. The molecule has 164 valence electrons. The van der Waals surface area contributed by atoms with Crippen LogP contribution in [0, 0.1) is 17.1 Å². The molecule has 2 atom stereocenters. The molecular weight excluding hydrogens is 397 g/mol. The van der Waals surface area contributed by atoms with Crippen LogP contribution in [-0.4, -0.2) is 48.6 Å². The number of nitrogens with zero attached hydrogens (tertiary/aromatic N) is 3. The van der Waals surface area contributed by atoms with Gasteiger partial charge in [0.2, 0.25) is 0 Å². The molecular formula is C22H28FN7O. The molecule has 3 rings (SSSR count). The molecule has 1 aromatic carbocycles. The number of hydrazine groups is 1. The van der Waals surface area contributed by atoms with Gasteiger partial charge in [0, 0.05) is 45.0 Å². The maximum absolute atomic E-state index is 13.4. The summed E-state index contributed by atoms with van der Waals surface area (Å²) < 4.78 is 13.4. The van der Waals surface area contributed by atoms with Crippen LogP contribution in [0.5, 0.6) is 0 Å². The van der Waals surface area contributed by atoms with Crippen molar-refractivity contribution in [3.05, 3.63) is 59.5 Å². The largest absolute Gasteiger partial charge is 0.367 e. The number of benzene rings is 1. The second kappa shape index (κ2) is 11.2.